The first-order chi connectivity index (χ1) is 8.49. The van der Waals surface area contributed by atoms with Gasteiger partial charge in [0.05, 0.1) is 18.6 Å². The quantitative estimate of drug-likeness (QED) is 0.649. The number of aliphatic hydroxyl groups excluding tert-OH is 1. The molecule has 1 aliphatic rings. The minimum Gasteiger partial charge on any atom is -0.396 e. The number of rotatable bonds is 7. The van der Waals surface area contributed by atoms with Crippen LogP contribution in [0.5, 0.6) is 0 Å². The Balaban J connectivity index is 2.40. The van der Waals surface area contributed by atoms with Crippen molar-refractivity contribution in [1.82, 2.24) is 5.32 Å². The van der Waals surface area contributed by atoms with Crippen LogP contribution in [0.2, 0.25) is 0 Å². The third kappa shape index (κ3) is 3.95. The number of hydrogen-bond donors (Lipinski definition) is 3. The lowest BCUT2D eigenvalue weighted by Crippen LogP contribution is -2.42. The SMILES string of the molecule is CCC(CC)(CO)CNC(=O)CC1(O)CCCC1. The number of carbonyl (C=O) groups is 1. The molecule has 0 aromatic heterocycles. The summed E-state index contributed by atoms with van der Waals surface area (Å²) in [5, 5.41) is 22.4. The normalized spacial score (nSPS) is 18.9. The molecule has 1 rings (SSSR count). The van der Waals surface area contributed by atoms with Crippen molar-refractivity contribution in [3.05, 3.63) is 0 Å². The lowest BCUT2D eigenvalue weighted by Gasteiger charge is -2.30. The van der Waals surface area contributed by atoms with E-state index in [0.717, 1.165) is 38.5 Å². The highest BCUT2D eigenvalue weighted by molar-refractivity contribution is 5.77. The Morgan fingerprint density at radius 3 is 2.28 bits per heavy atom. The Morgan fingerprint density at radius 2 is 1.83 bits per heavy atom. The third-order valence-electron chi connectivity index (χ3n) is 4.52. The van der Waals surface area contributed by atoms with E-state index in [-0.39, 0.29) is 24.3 Å². The standard InChI is InChI=1S/C14H27NO3/c1-3-13(4-2,11-16)10-15-12(17)9-14(18)7-5-6-8-14/h16,18H,3-11H2,1-2H3,(H,15,17). The maximum atomic E-state index is 11.8. The van der Waals surface area contributed by atoms with Crippen molar-refractivity contribution < 1.29 is 15.0 Å². The summed E-state index contributed by atoms with van der Waals surface area (Å²) in [6.07, 6.45) is 5.35. The van der Waals surface area contributed by atoms with Gasteiger partial charge in [-0.1, -0.05) is 26.7 Å². The minimum absolute atomic E-state index is 0.0878. The van der Waals surface area contributed by atoms with Crippen molar-refractivity contribution in [3.63, 3.8) is 0 Å². The Kier molecular flexibility index (Phi) is 5.60. The largest absolute Gasteiger partial charge is 0.396 e. The van der Waals surface area contributed by atoms with Crippen molar-refractivity contribution >= 4 is 5.91 Å². The fourth-order valence-corrected chi connectivity index (χ4v) is 2.64. The summed E-state index contributed by atoms with van der Waals surface area (Å²) in [7, 11) is 0. The Morgan fingerprint density at radius 1 is 1.28 bits per heavy atom. The summed E-state index contributed by atoms with van der Waals surface area (Å²) < 4.78 is 0. The maximum Gasteiger partial charge on any atom is 0.222 e. The first-order valence-corrected chi connectivity index (χ1v) is 7.09. The van der Waals surface area contributed by atoms with Crippen LogP contribution in [0.4, 0.5) is 0 Å². The monoisotopic (exact) mass is 257 g/mol. The fraction of sp³-hybridized carbons (Fsp3) is 0.929. The number of amides is 1. The van der Waals surface area contributed by atoms with Gasteiger partial charge in [0.1, 0.15) is 0 Å². The Bertz CT molecular complexity index is 260. The van der Waals surface area contributed by atoms with Gasteiger partial charge in [-0.25, -0.2) is 0 Å². The Labute approximate surface area is 110 Å². The van der Waals surface area contributed by atoms with Crippen LogP contribution in [0.15, 0.2) is 0 Å². The molecule has 0 atom stereocenters. The molecule has 0 saturated heterocycles. The van der Waals surface area contributed by atoms with Gasteiger partial charge < -0.3 is 15.5 Å². The summed E-state index contributed by atoms with van der Waals surface area (Å²) in [5.41, 5.74) is -1.00. The molecule has 106 valence electrons. The topological polar surface area (TPSA) is 69.6 Å². The van der Waals surface area contributed by atoms with Gasteiger partial charge in [0.15, 0.2) is 0 Å². The highest BCUT2D eigenvalue weighted by Crippen LogP contribution is 2.32. The van der Waals surface area contributed by atoms with Crippen molar-refractivity contribution in [3.8, 4) is 0 Å². The van der Waals surface area contributed by atoms with E-state index in [2.05, 4.69) is 5.32 Å². The second-order valence-electron chi connectivity index (χ2n) is 5.75. The van der Waals surface area contributed by atoms with Crippen LogP contribution in [0, 0.1) is 5.41 Å². The molecule has 0 radical (unpaired) electrons. The van der Waals surface area contributed by atoms with E-state index in [1.807, 2.05) is 13.8 Å². The summed E-state index contributed by atoms with van der Waals surface area (Å²) in [6, 6.07) is 0. The molecule has 0 aromatic rings. The van der Waals surface area contributed by atoms with Crippen LogP contribution >= 0.6 is 0 Å². The number of nitrogens with one attached hydrogen (secondary N) is 1. The van der Waals surface area contributed by atoms with Gasteiger partial charge in [-0.05, 0) is 25.7 Å². The molecule has 1 aliphatic carbocycles. The molecule has 0 unspecified atom stereocenters. The molecule has 3 N–H and O–H groups in total. The highest BCUT2D eigenvalue weighted by atomic mass is 16.3. The smallest absolute Gasteiger partial charge is 0.222 e. The Hall–Kier alpha value is -0.610. The zero-order chi connectivity index (χ0) is 13.6. The molecule has 4 nitrogen and oxygen atoms in total. The van der Waals surface area contributed by atoms with Gasteiger partial charge in [-0.2, -0.15) is 0 Å². The highest BCUT2D eigenvalue weighted by Gasteiger charge is 2.34. The van der Waals surface area contributed by atoms with E-state index in [1.54, 1.807) is 0 Å². The summed E-state index contributed by atoms with van der Waals surface area (Å²) >= 11 is 0. The zero-order valence-electron chi connectivity index (χ0n) is 11.7. The molecule has 0 bridgehead atoms. The number of hydrogen-bond acceptors (Lipinski definition) is 3. The molecular formula is C14H27NO3. The number of aliphatic hydroxyl groups is 2. The van der Waals surface area contributed by atoms with Gasteiger partial charge in [0.25, 0.3) is 0 Å². The molecule has 0 aromatic carbocycles. The van der Waals surface area contributed by atoms with Crippen LogP contribution in [0.1, 0.15) is 58.8 Å². The van der Waals surface area contributed by atoms with Crippen LogP contribution in [0.25, 0.3) is 0 Å². The van der Waals surface area contributed by atoms with E-state index in [9.17, 15) is 15.0 Å². The summed E-state index contributed by atoms with van der Waals surface area (Å²) in [6.45, 7) is 4.63. The van der Waals surface area contributed by atoms with Crippen LogP contribution in [0.3, 0.4) is 0 Å². The van der Waals surface area contributed by atoms with Gasteiger partial charge in [0.2, 0.25) is 5.91 Å². The van der Waals surface area contributed by atoms with Crippen molar-refractivity contribution in [1.29, 1.82) is 0 Å². The lowest BCUT2D eigenvalue weighted by molar-refractivity contribution is -0.126. The predicted octanol–water partition coefficient (Wildman–Crippen LogP) is 1.60. The molecular weight excluding hydrogens is 230 g/mol. The molecule has 1 saturated carbocycles. The van der Waals surface area contributed by atoms with Gasteiger partial charge in [-0.15, -0.1) is 0 Å². The molecule has 18 heavy (non-hydrogen) atoms. The third-order valence-corrected chi connectivity index (χ3v) is 4.52. The second-order valence-corrected chi connectivity index (χ2v) is 5.75. The first-order valence-electron chi connectivity index (χ1n) is 7.09. The summed E-state index contributed by atoms with van der Waals surface area (Å²) in [5.74, 6) is -0.0980. The predicted molar refractivity (Wildman–Crippen MR) is 71.1 cm³/mol. The molecule has 1 amide bonds. The maximum absolute atomic E-state index is 11.8. The van der Waals surface area contributed by atoms with Gasteiger partial charge >= 0.3 is 0 Å². The van der Waals surface area contributed by atoms with Crippen molar-refractivity contribution in [2.75, 3.05) is 13.2 Å². The van der Waals surface area contributed by atoms with Crippen molar-refractivity contribution in [2.45, 2.75) is 64.4 Å². The average Bonchev–Trinajstić information content (AvgIpc) is 2.78. The minimum atomic E-state index is -0.787. The molecule has 0 spiro atoms. The zero-order valence-corrected chi connectivity index (χ0v) is 11.7. The van der Waals surface area contributed by atoms with Crippen LogP contribution in [-0.4, -0.2) is 34.9 Å². The van der Waals surface area contributed by atoms with Gasteiger partial charge in [0, 0.05) is 12.0 Å². The average molecular weight is 257 g/mol. The molecule has 4 heteroatoms. The summed E-state index contributed by atoms with van der Waals surface area (Å²) in [4.78, 5) is 11.8. The van der Waals surface area contributed by atoms with Crippen LogP contribution in [-0.2, 0) is 4.79 Å². The lowest BCUT2D eigenvalue weighted by atomic mass is 9.83. The van der Waals surface area contributed by atoms with E-state index < -0.39 is 5.60 Å². The van der Waals surface area contributed by atoms with Gasteiger partial charge in [-0.3, -0.25) is 4.79 Å². The van der Waals surface area contributed by atoms with E-state index in [1.165, 1.54) is 0 Å². The van der Waals surface area contributed by atoms with Crippen LogP contribution < -0.4 is 5.32 Å². The van der Waals surface area contributed by atoms with E-state index >= 15 is 0 Å². The molecule has 0 aliphatic heterocycles. The van der Waals surface area contributed by atoms with Crippen molar-refractivity contribution in [2.24, 2.45) is 5.41 Å². The fourth-order valence-electron chi connectivity index (χ4n) is 2.64. The van der Waals surface area contributed by atoms with E-state index in [0.29, 0.717) is 6.54 Å². The second kappa shape index (κ2) is 6.53. The molecule has 1 fully saturated rings. The first kappa shape index (κ1) is 15.4. The van der Waals surface area contributed by atoms with E-state index in [4.69, 9.17) is 0 Å². The molecule has 0 heterocycles. The number of carbonyl (C=O) groups excluding carboxylic acids is 1.